The van der Waals surface area contributed by atoms with Crippen LogP contribution in [0, 0.1) is 0 Å². The molecule has 2 aromatic carbocycles. The first kappa shape index (κ1) is 22.5. The van der Waals surface area contributed by atoms with Crippen LogP contribution >= 0.6 is 0 Å². The molecule has 156 valence electrons. The van der Waals surface area contributed by atoms with Crippen molar-refractivity contribution in [1.82, 2.24) is 10.2 Å². The fourth-order valence-electron chi connectivity index (χ4n) is 2.90. The van der Waals surface area contributed by atoms with Gasteiger partial charge in [-0.05, 0) is 44.4 Å². The molecular formula is C24H32N2O3. The molecule has 0 bridgehead atoms. The van der Waals surface area contributed by atoms with Gasteiger partial charge in [-0.2, -0.15) is 0 Å². The van der Waals surface area contributed by atoms with E-state index >= 15 is 0 Å². The fraction of sp³-hybridized carbons (Fsp3) is 0.417. The van der Waals surface area contributed by atoms with Crippen LogP contribution in [-0.4, -0.2) is 35.4 Å². The lowest BCUT2D eigenvalue weighted by atomic mass is 10.1. The lowest BCUT2D eigenvalue weighted by Crippen LogP contribution is -2.49. The quantitative estimate of drug-likeness (QED) is 0.580. The summed E-state index contributed by atoms with van der Waals surface area (Å²) in [5.41, 5.74) is 1.00. The van der Waals surface area contributed by atoms with Gasteiger partial charge < -0.3 is 15.0 Å². The third-order valence-electron chi connectivity index (χ3n) is 4.91. The van der Waals surface area contributed by atoms with Crippen molar-refractivity contribution in [2.24, 2.45) is 0 Å². The van der Waals surface area contributed by atoms with Crippen molar-refractivity contribution in [3.05, 3.63) is 66.2 Å². The summed E-state index contributed by atoms with van der Waals surface area (Å²) in [7, 11) is 0. The second-order valence-electron chi connectivity index (χ2n) is 7.27. The molecule has 0 spiro atoms. The normalized spacial score (nSPS) is 12.7. The number of rotatable bonds is 11. The van der Waals surface area contributed by atoms with Crippen LogP contribution in [0.4, 0.5) is 0 Å². The van der Waals surface area contributed by atoms with E-state index in [0.29, 0.717) is 26.0 Å². The number of nitrogens with one attached hydrogen (secondary N) is 1. The van der Waals surface area contributed by atoms with E-state index in [9.17, 15) is 9.59 Å². The van der Waals surface area contributed by atoms with Gasteiger partial charge in [-0.1, -0.05) is 55.5 Å². The Morgan fingerprint density at radius 2 is 1.62 bits per heavy atom. The van der Waals surface area contributed by atoms with Gasteiger partial charge in [0.25, 0.3) is 0 Å². The van der Waals surface area contributed by atoms with Crippen molar-refractivity contribution in [3.8, 4) is 5.75 Å². The molecule has 0 fully saturated rings. The fourth-order valence-corrected chi connectivity index (χ4v) is 2.90. The highest BCUT2D eigenvalue weighted by Gasteiger charge is 2.26. The molecule has 2 amide bonds. The van der Waals surface area contributed by atoms with E-state index < -0.39 is 6.04 Å². The minimum atomic E-state index is -0.535. The van der Waals surface area contributed by atoms with Crippen LogP contribution in [0.15, 0.2) is 60.7 Å². The Labute approximate surface area is 174 Å². The van der Waals surface area contributed by atoms with E-state index in [1.165, 1.54) is 0 Å². The zero-order valence-electron chi connectivity index (χ0n) is 17.6. The first-order chi connectivity index (χ1) is 14.0. The highest BCUT2D eigenvalue weighted by molar-refractivity contribution is 5.87. The molecule has 0 saturated heterocycles. The third kappa shape index (κ3) is 7.60. The molecule has 5 nitrogen and oxygen atoms in total. The summed E-state index contributed by atoms with van der Waals surface area (Å²) in [4.78, 5) is 27.2. The Hall–Kier alpha value is -2.82. The third-order valence-corrected chi connectivity index (χ3v) is 4.91. The topological polar surface area (TPSA) is 58.6 Å². The second-order valence-corrected chi connectivity index (χ2v) is 7.27. The van der Waals surface area contributed by atoms with Crippen molar-refractivity contribution >= 4 is 11.8 Å². The number of para-hydroxylation sites is 1. The Kier molecular flexibility index (Phi) is 9.22. The predicted molar refractivity (Wildman–Crippen MR) is 116 cm³/mol. The maximum absolute atomic E-state index is 13.0. The van der Waals surface area contributed by atoms with Gasteiger partial charge in [-0.25, -0.2) is 0 Å². The SMILES string of the molecule is CC[C@@H](C)NC(=O)[C@@H](C)N(Cc1ccccc1)C(=O)CCCOc1ccccc1. The van der Waals surface area contributed by atoms with Crippen molar-refractivity contribution in [2.45, 2.75) is 58.7 Å². The molecule has 2 rings (SSSR count). The maximum Gasteiger partial charge on any atom is 0.242 e. The van der Waals surface area contributed by atoms with Gasteiger partial charge in [0.15, 0.2) is 0 Å². The van der Waals surface area contributed by atoms with Crippen LogP contribution in [0.25, 0.3) is 0 Å². The summed E-state index contributed by atoms with van der Waals surface area (Å²) >= 11 is 0. The molecule has 1 N–H and O–H groups in total. The van der Waals surface area contributed by atoms with Gasteiger partial charge in [-0.3, -0.25) is 9.59 Å². The molecule has 2 atom stereocenters. The molecule has 0 aliphatic carbocycles. The molecule has 0 saturated carbocycles. The summed E-state index contributed by atoms with van der Waals surface area (Å²) in [6.07, 6.45) is 1.78. The Morgan fingerprint density at radius 3 is 2.24 bits per heavy atom. The van der Waals surface area contributed by atoms with Crippen molar-refractivity contribution in [3.63, 3.8) is 0 Å². The summed E-state index contributed by atoms with van der Waals surface area (Å²) < 4.78 is 5.68. The smallest absolute Gasteiger partial charge is 0.242 e. The van der Waals surface area contributed by atoms with Crippen LogP contribution < -0.4 is 10.1 Å². The van der Waals surface area contributed by atoms with Crippen LogP contribution in [0.2, 0.25) is 0 Å². The average Bonchev–Trinajstić information content (AvgIpc) is 2.75. The van der Waals surface area contributed by atoms with Crippen LogP contribution in [0.3, 0.4) is 0 Å². The van der Waals surface area contributed by atoms with Crippen LogP contribution in [-0.2, 0) is 16.1 Å². The molecule has 0 heterocycles. The second kappa shape index (κ2) is 11.9. The lowest BCUT2D eigenvalue weighted by molar-refractivity contribution is -0.141. The Balaban J connectivity index is 1.97. The molecule has 0 aliphatic rings. The number of ether oxygens (including phenoxy) is 1. The summed E-state index contributed by atoms with van der Waals surface area (Å²) in [6, 6.07) is 18.9. The largest absolute Gasteiger partial charge is 0.494 e. The minimum Gasteiger partial charge on any atom is -0.494 e. The average molecular weight is 397 g/mol. The number of hydrogen-bond donors (Lipinski definition) is 1. The zero-order valence-corrected chi connectivity index (χ0v) is 17.6. The van der Waals surface area contributed by atoms with E-state index in [4.69, 9.17) is 4.74 Å². The number of carbonyl (C=O) groups is 2. The molecule has 0 unspecified atom stereocenters. The van der Waals surface area contributed by atoms with Crippen LogP contribution in [0.1, 0.15) is 45.6 Å². The van der Waals surface area contributed by atoms with Gasteiger partial charge >= 0.3 is 0 Å². The van der Waals surface area contributed by atoms with E-state index in [2.05, 4.69) is 5.32 Å². The van der Waals surface area contributed by atoms with Gasteiger partial charge in [0, 0.05) is 19.0 Å². The Morgan fingerprint density at radius 1 is 1.00 bits per heavy atom. The van der Waals surface area contributed by atoms with Crippen molar-refractivity contribution in [2.75, 3.05) is 6.61 Å². The molecule has 29 heavy (non-hydrogen) atoms. The molecule has 0 aromatic heterocycles. The summed E-state index contributed by atoms with van der Waals surface area (Å²) in [5, 5.41) is 2.98. The van der Waals surface area contributed by atoms with Gasteiger partial charge in [0.2, 0.25) is 11.8 Å². The molecule has 2 aromatic rings. The van der Waals surface area contributed by atoms with E-state index in [1.807, 2.05) is 74.5 Å². The summed E-state index contributed by atoms with van der Waals surface area (Å²) in [5.74, 6) is 0.629. The predicted octanol–water partition coefficient (Wildman–Crippen LogP) is 4.18. The van der Waals surface area contributed by atoms with Crippen molar-refractivity contribution in [1.29, 1.82) is 0 Å². The number of hydrogen-bond acceptors (Lipinski definition) is 3. The van der Waals surface area contributed by atoms with Crippen LogP contribution in [0.5, 0.6) is 5.75 Å². The van der Waals surface area contributed by atoms with Gasteiger partial charge in [0.05, 0.1) is 6.61 Å². The minimum absolute atomic E-state index is 0.0442. The molecule has 0 radical (unpaired) electrons. The highest BCUT2D eigenvalue weighted by Crippen LogP contribution is 2.13. The number of carbonyl (C=O) groups excluding carboxylic acids is 2. The van der Waals surface area contributed by atoms with Gasteiger partial charge in [-0.15, -0.1) is 0 Å². The number of amides is 2. The first-order valence-electron chi connectivity index (χ1n) is 10.3. The zero-order chi connectivity index (χ0) is 21.1. The maximum atomic E-state index is 13.0. The summed E-state index contributed by atoms with van der Waals surface area (Å²) in [6.45, 7) is 6.65. The molecular weight excluding hydrogens is 364 g/mol. The monoisotopic (exact) mass is 396 g/mol. The highest BCUT2D eigenvalue weighted by atomic mass is 16.5. The van der Waals surface area contributed by atoms with E-state index in [1.54, 1.807) is 11.8 Å². The van der Waals surface area contributed by atoms with Gasteiger partial charge in [0.1, 0.15) is 11.8 Å². The van der Waals surface area contributed by atoms with E-state index in [-0.39, 0.29) is 17.9 Å². The first-order valence-corrected chi connectivity index (χ1v) is 10.3. The number of benzene rings is 2. The molecule has 0 aliphatic heterocycles. The lowest BCUT2D eigenvalue weighted by Gasteiger charge is -2.29. The number of nitrogens with zero attached hydrogens (tertiary/aromatic N) is 1. The Bertz CT molecular complexity index is 749. The van der Waals surface area contributed by atoms with E-state index in [0.717, 1.165) is 17.7 Å². The standard InChI is InChI=1S/C24H32N2O3/c1-4-19(2)25-24(28)20(3)26(18-21-12-7-5-8-13-21)23(27)16-11-17-29-22-14-9-6-10-15-22/h5-10,12-15,19-20H,4,11,16-18H2,1-3H3,(H,25,28)/t19-,20-/m1/s1. The van der Waals surface area contributed by atoms with Crippen molar-refractivity contribution < 1.29 is 14.3 Å². The molecule has 5 heteroatoms.